The molecule has 0 fully saturated rings. The number of rotatable bonds is 3. The Morgan fingerprint density at radius 1 is 1.36 bits per heavy atom. The Morgan fingerprint density at radius 2 is 2.00 bits per heavy atom. The van der Waals surface area contributed by atoms with E-state index in [2.05, 4.69) is 0 Å². The van der Waals surface area contributed by atoms with Gasteiger partial charge in [0.2, 0.25) is 6.29 Å². The maximum Gasteiger partial charge on any atom is 0.234 e. The molecule has 1 aromatic rings. The molecule has 0 saturated heterocycles. The van der Waals surface area contributed by atoms with Crippen LogP contribution in [-0.4, -0.2) is 13.4 Å². The first kappa shape index (κ1) is 7.95. The van der Waals surface area contributed by atoms with Crippen molar-refractivity contribution in [3.05, 3.63) is 35.9 Å². The van der Waals surface area contributed by atoms with E-state index in [0.717, 1.165) is 5.56 Å². The van der Waals surface area contributed by atoms with Crippen molar-refractivity contribution in [3.8, 4) is 0 Å². The Morgan fingerprint density at radius 3 is 2.45 bits per heavy atom. The highest BCUT2D eigenvalue weighted by Crippen LogP contribution is 2.12. The van der Waals surface area contributed by atoms with Crippen LogP contribution in [0.2, 0.25) is 0 Å². The minimum Gasteiger partial charge on any atom is -0.368 e. The van der Waals surface area contributed by atoms with E-state index < -0.39 is 6.10 Å². The molecule has 57 valence electrons. The standard InChI is InChI=1S/C9H9O2/c1-11-9(7-10)8-5-3-2-4-6-8/h2-6,9H,1H3/t9-/m0/s1. The zero-order valence-corrected chi connectivity index (χ0v) is 6.28. The number of hydrogen-bond acceptors (Lipinski definition) is 2. The van der Waals surface area contributed by atoms with E-state index in [1.165, 1.54) is 7.11 Å². The van der Waals surface area contributed by atoms with Crippen LogP contribution in [0.15, 0.2) is 30.3 Å². The minimum atomic E-state index is -0.545. The molecule has 2 nitrogen and oxygen atoms in total. The second-order valence-corrected chi connectivity index (χ2v) is 2.14. The van der Waals surface area contributed by atoms with Crippen LogP contribution in [0.5, 0.6) is 0 Å². The summed E-state index contributed by atoms with van der Waals surface area (Å²) in [4.78, 5) is 10.3. The molecule has 0 aliphatic carbocycles. The molecule has 0 aliphatic rings. The molecule has 1 atom stereocenters. The topological polar surface area (TPSA) is 26.3 Å². The summed E-state index contributed by atoms with van der Waals surface area (Å²) in [6.45, 7) is 0. The summed E-state index contributed by atoms with van der Waals surface area (Å²) in [6.07, 6.45) is 1.25. The number of carbonyl (C=O) groups excluding carboxylic acids is 1. The molecule has 0 aromatic heterocycles. The van der Waals surface area contributed by atoms with Gasteiger partial charge in [-0.2, -0.15) is 0 Å². The van der Waals surface area contributed by atoms with E-state index in [9.17, 15) is 4.79 Å². The highest BCUT2D eigenvalue weighted by atomic mass is 16.5. The van der Waals surface area contributed by atoms with E-state index in [-0.39, 0.29) is 0 Å². The minimum absolute atomic E-state index is 0.545. The zero-order valence-electron chi connectivity index (χ0n) is 6.28. The number of benzene rings is 1. The Balaban J connectivity index is 2.82. The molecule has 11 heavy (non-hydrogen) atoms. The molecule has 1 aromatic carbocycles. The van der Waals surface area contributed by atoms with Gasteiger partial charge < -0.3 is 4.74 Å². The molecule has 0 spiro atoms. The third-order valence-corrected chi connectivity index (χ3v) is 1.45. The maximum absolute atomic E-state index is 10.3. The molecular weight excluding hydrogens is 140 g/mol. The Labute approximate surface area is 65.8 Å². The van der Waals surface area contributed by atoms with Crippen molar-refractivity contribution in [1.29, 1.82) is 0 Å². The first-order valence-electron chi connectivity index (χ1n) is 3.34. The van der Waals surface area contributed by atoms with Gasteiger partial charge in [-0.05, 0) is 5.56 Å². The molecule has 2 heteroatoms. The van der Waals surface area contributed by atoms with Crippen LogP contribution in [0, 0.1) is 0 Å². The van der Waals surface area contributed by atoms with Crippen LogP contribution in [0.1, 0.15) is 11.7 Å². The second-order valence-electron chi connectivity index (χ2n) is 2.14. The molecular formula is C9H9O2. The number of ether oxygens (including phenoxy) is 1. The lowest BCUT2D eigenvalue weighted by Gasteiger charge is -2.05. The van der Waals surface area contributed by atoms with E-state index in [0.29, 0.717) is 0 Å². The molecule has 0 saturated carbocycles. The summed E-state index contributed by atoms with van der Waals surface area (Å²) in [6, 6.07) is 9.27. The molecule has 0 heterocycles. The Bertz CT molecular complexity index is 218. The summed E-state index contributed by atoms with van der Waals surface area (Å²) in [5.41, 5.74) is 0.838. The van der Waals surface area contributed by atoms with E-state index in [1.54, 1.807) is 6.29 Å². The fraction of sp³-hybridized carbons (Fsp3) is 0.222. The lowest BCUT2D eigenvalue weighted by Crippen LogP contribution is -2.01. The van der Waals surface area contributed by atoms with Crippen LogP contribution in [0.25, 0.3) is 0 Å². The van der Waals surface area contributed by atoms with Gasteiger partial charge in [-0.25, -0.2) is 0 Å². The third kappa shape index (κ3) is 1.88. The van der Waals surface area contributed by atoms with Gasteiger partial charge in [0.05, 0.1) is 0 Å². The van der Waals surface area contributed by atoms with Crippen LogP contribution >= 0.6 is 0 Å². The van der Waals surface area contributed by atoms with Crippen molar-refractivity contribution in [2.24, 2.45) is 0 Å². The molecule has 0 amide bonds. The highest BCUT2D eigenvalue weighted by Gasteiger charge is 2.07. The summed E-state index contributed by atoms with van der Waals surface area (Å²) < 4.78 is 4.86. The molecule has 0 N–H and O–H groups in total. The van der Waals surface area contributed by atoms with Crippen LogP contribution < -0.4 is 0 Å². The van der Waals surface area contributed by atoms with Crippen molar-refractivity contribution in [2.45, 2.75) is 6.10 Å². The Hall–Kier alpha value is -1.15. The van der Waals surface area contributed by atoms with Crippen LogP contribution in [0.4, 0.5) is 0 Å². The monoisotopic (exact) mass is 149 g/mol. The molecule has 0 unspecified atom stereocenters. The van der Waals surface area contributed by atoms with Gasteiger partial charge in [-0.1, -0.05) is 30.3 Å². The summed E-state index contributed by atoms with van der Waals surface area (Å²) in [5, 5.41) is 0. The van der Waals surface area contributed by atoms with Crippen LogP contribution in [0.3, 0.4) is 0 Å². The van der Waals surface area contributed by atoms with E-state index in [4.69, 9.17) is 4.74 Å². The average Bonchev–Trinajstić information content (AvgIpc) is 2.09. The summed E-state index contributed by atoms with van der Waals surface area (Å²) in [7, 11) is 1.49. The molecule has 0 aliphatic heterocycles. The van der Waals surface area contributed by atoms with E-state index >= 15 is 0 Å². The maximum atomic E-state index is 10.3. The molecule has 1 radical (unpaired) electrons. The van der Waals surface area contributed by atoms with Crippen molar-refractivity contribution in [2.75, 3.05) is 7.11 Å². The average molecular weight is 149 g/mol. The van der Waals surface area contributed by atoms with Gasteiger partial charge in [0.25, 0.3) is 0 Å². The highest BCUT2D eigenvalue weighted by molar-refractivity contribution is 5.60. The predicted molar refractivity (Wildman–Crippen MR) is 41.9 cm³/mol. The zero-order chi connectivity index (χ0) is 8.10. The SMILES string of the molecule is CO[C@@H]([C]=O)c1ccccc1. The van der Waals surface area contributed by atoms with Gasteiger partial charge in [-0.3, -0.25) is 4.79 Å². The third-order valence-electron chi connectivity index (χ3n) is 1.45. The number of methoxy groups -OCH3 is 1. The smallest absolute Gasteiger partial charge is 0.234 e. The predicted octanol–water partition coefficient (Wildman–Crippen LogP) is 1.48. The van der Waals surface area contributed by atoms with Gasteiger partial charge in [0, 0.05) is 7.11 Å². The first-order chi connectivity index (χ1) is 5.38. The van der Waals surface area contributed by atoms with Gasteiger partial charge in [0.1, 0.15) is 6.10 Å². The fourth-order valence-corrected chi connectivity index (χ4v) is 0.880. The Kier molecular flexibility index (Phi) is 2.81. The summed E-state index contributed by atoms with van der Waals surface area (Å²) >= 11 is 0. The quantitative estimate of drug-likeness (QED) is 0.650. The molecule has 0 bridgehead atoms. The van der Waals surface area contributed by atoms with Gasteiger partial charge >= 0.3 is 0 Å². The van der Waals surface area contributed by atoms with Gasteiger partial charge in [0.15, 0.2) is 0 Å². The first-order valence-corrected chi connectivity index (χ1v) is 3.34. The summed E-state index contributed by atoms with van der Waals surface area (Å²) in [5.74, 6) is 0. The van der Waals surface area contributed by atoms with Gasteiger partial charge in [-0.15, -0.1) is 0 Å². The molecule has 1 rings (SSSR count). The van der Waals surface area contributed by atoms with Crippen molar-refractivity contribution >= 4 is 6.29 Å². The van der Waals surface area contributed by atoms with Crippen LogP contribution in [-0.2, 0) is 9.53 Å². The number of hydrogen-bond donors (Lipinski definition) is 0. The van der Waals surface area contributed by atoms with E-state index in [1.807, 2.05) is 30.3 Å². The second kappa shape index (κ2) is 3.88. The van der Waals surface area contributed by atoms with Crippen molar-refractivity contribution in [1.82, 2.24) is 0 Å². The fourth-order valence-electron chi connectivity index (χ4n) is 0.880. The lowest BCUT2D eigenvalue weighted by atomic mass is 10.1. The normalized spacial score (nSPS) is 12.5. The largest absolute Gasteiger partial charge is 0.368 e. The van der Waals surface area contributed by atoms with Crippen molar-refractivity contribution in [3.63, 3.8) is 0 Å². The van der Waals surface area contributed by atoms with Crippen molar-refractivity contribution < 1.29 is 9.53 Å². The lowest BCUT2D eigenvalue weighted by molar-refractivity contribution is 0.154.